The number of amidine groups is 1. The molecule has 0 radical (unpaired) electrons. The minimum Gasteiger partial charge on any atom is -0.494 e. The first kappa shape index (κ1) is 13.5. The van der Waals surface area contributed by atoms with Crippen LogP contribution in [-0.2, 0) is 4.79 Å². The van der Waals surface area contributed by atoms with Crippen LogP contribution >= 0.6 is 11.8 Å². The van der Waals surface area contributed by atoms with Gasteiger partial charge in [0.25, 0.3) is 0 Å². The summed E-state index contributed by atoms with van der Waals surface area (Å²) in [7, 11) is 1.28. The lowest BCUT2D eigenvalue weighted by Gasteiger charge is -2.04. The Morgan fingerprint density at radius 2 is 2.26 bits per heavy atom. The molecular weight excluding hydrogens is 276 g/mol. The number of benzene rings is 1. The molecule has 0 saturated carbocycles. The second-order valence-corrected chi connectivity index (χ2v) is 4.43. The maximum Gasteiger partial charge on any atom is 0.236 e. The van der Waals surface area contributed by atoms with Gasteiger partial charge in [-0.25, -0.2) is 8.78 Å². The zero-order chi connectivity index (χ0) is 13.8. The van der Waals surface area contributed by atoms with Crippen LogP contribution in [0.25, 0.3) is 0 Å². The zero-order valence-electron chi connectivity index (χ0n) is 9.81. The van der Waals surface area contributed by atoms with Crippen LogP contribution in [0.1, 0.15) is 5.56 Å². The van der Waals surface area contributed by atoms with E-state index in [1.807, 2.05) is 0 Å². The van der Waals surface area contributed by atoms with Gasteiger partial charge in [-0.15, -0.1) is 5.10 Å². The molecule has 1 saturated heterocycles. The Bertz CT molecular complexity index is 575. The lowest BCUT2D eigenvalue weighted by Crippen LogP contribution is -2.19. The summed E-state index contributed by atoms with van der Waals surface area (Å²) in [5.74, 6) is -1.63. The molecule has 0 bridgehead atoms. The van der Waals surface area contributed by atoms with E-state index < -0.39 is 11.6 Å². The summed E-state index contributed by atoms with van der Waals surface area (Å²) in [6, 6.07) is 2.25. The van der Waals surface area contributed by atoms with E-state index in [0.717, 1.165) is 12.3 Å². The molecule has 1 aliphatic rings. The molecular formula is C11H9F2N3O2S. The summed E-state index contributed by atoms with van der Waals surface area (Å²) in [4.78, 5) is 10.9. The third kappa shape index (κ3) is 3.08. The van der Waals surface area contributed by atoms with Crippen LogP contribution in [0, 0.1) is 11.6 Å². The Labute approximate surface area is 111 Å². The van der Waals surface area contributed by atoms with Crippen molar-refractivity contribution in [2.45, 2.75) is 0 Å². The average molecular weight is 285 g/mol. The highest BCUT2D eigenvalue weighted by Crippen LogP contribution is 2.21. The lowest BCUT2D eigenvalue weighted by molar-refractivity contribution is -0.116. The summed E-state index contributed by atoms with van der Waals surface area (Å²) < 4.78 is 31.9. The largest absolute Gasteiger partial charge is 0.494 e. The zero-order valence-corrected chi connectivity index (χ0v) is 10.6. The monoisotopic (exact) mass is 285 g/mol. The van der Waals surface area contributed by atoms with E-state index in [4.69, 9.17) is 4.74 Å². The molecule has 1 aromatic carbocycles. The number of ether oxygens (including phenoxy) is 1. The van der Waals surface area contributed by atoms with Crippen LogP contribution < -0.4 is 10.1 Å². The maximum atomic E-state index is 13.7. The highest BCUT2D eigenvalue weighted by atomic mass is 32.2. The van der Waals surface area contributed by atoms with Gasteiger partial charge in [-0.3, -0.25) is 4.79 Å². The molecule has 5 nitrogen and oxygen atoms in total. The number of halogens is 2. The molecule has 100 valence electrons. The molecule has 0 aromatic heterocycles. The molecule has 1 aromatic rings. The molecule has 1 amide bonds. The van der Waals surface area contributed by atoms with E-state index in [1.165, 1.54) is 24.9 Å². The highest BCUT2D eigenvalue weighted by Gasteiger charge is 2.16. The number of amides is 1. The van der Waals surface area contributed by atoms with Gasteiger partial charge < -0.3 is 10.1 Å². The van der Waals surface area contributed by atoms with E-state index in [-0.39, 0.29) is 23.0 Å². The molecule has 1 fully saturated rings. The van der Waals surface area contributed by atoms with Gasteiger partial charge in [0, 0.05) is 0 Å². The summed E-state index contributed by atoms with van der Waals surface area (Å²) in [5.41, 5.74) is -0.349. The number of carbonyl (C=O) groups is 1. The average Bonchev–Trinajstić information content (AvgIpc) is 2.79. The van der Waals surface area contributed by atoms with Crippen molar-refractivity contribution < 1.29 is 18.3 Å². The van der Waals surface area contributed by atoms with Crippen molar-refractivity contribution in [1.82, 2.24) is 5.32 Å². The normalized spacial score (nSPS) is 17.2. The van der Waals surface area contributed by atoms with Gasteiger partial charge in [0.15, 0.2) is 16.7 Å². The molecule has 1 aliphatic heterocycles. The standard InChI is InChI=1S/C11H9F2N3O2S/c1-18-8-3-2-7(12)6(10(8)13)4-14-16-11-15-9(17)5-19-11/h2-4H,5H2,1H3,(H,15,16,17). The van der Waals surface area contributed by atoms with Crippen molar-refractivity contribution in [3.8, 4) is 5.75 Å². The van der Waals surface area contributed by atoms with Gasteiger partial charge in [-0.1, -0.05) is 11.8 Å². The molecule has 1 heterocycles. The van der Waals surface area contributed by atoms with Crippen LogP contribution in [0.3, 0.4) is 0 Å². The molecule has 1 N–H and O–H groups in total. The van der Waals surface area contributed by atoms with Crippen LogP contribution in [0.15, 0.2) is 22.3 Å². The fourth-order valence-corrected chi connectivity index (χ4v) is 1.97. The fourth-order valence-electron chi connectivity index (χ4n) is 1.34. The van der Waals surface area contributed by atoms with Crippen molar-refractivity contribution in [3.63, 3.8) is 0 Å². The van der Waals surface area contributed by atoms with E-state index in [0.29, 0.717) is 5.17 Å². The van der Waals surface area contributed by atoms with Gasteiger partial charge in [-0.05, 0) is 12.1 Å². The molecule has 19 heavy (non-hydrogen) atoms. The van der Waals surface area contributed by atoms with Crippen LogP contribution in [0.2, 0.25) is 0 Å². The van der Waals surface area contributed by atoms with E-state index in [2.05, 4.69) is 15.5 Å². The Hall–Kier alpha value is -1.96. The first-order chi connectivity index (χ1) is 9.11. The Balaban J connectivity index is 2.21. The van der Waals surface area contributed by atoms with E-state index in [1.54, 1.807) is 0 Å². The first-order valence-corrected chi connectivity index (χ1v) is 6.16. The van der Waals surface area contributed by atoms with Gasteiger partial charge in [0.05, 0.1) is 24.6 Å². The van der Waals surface area contributed by atoms with Crippen LogP contribution in [-0.4, -0.2) is 30.2 Å². The lowest BCUT2D eigenvalue weighted by atomic mass is 10.2. The van der Waals surface area contributed by atoms with Crippen LogP contribution in [0.4, 0.5) is 8.78 Å². The second-order valence-electron chi connectivity index (χ2n) is 3.46. The number of methoxy groups -OCH3 is 1. The van der Waals surface area contributed by atoms with Gasteiger partial charge in [0.2, 0.25) is 5.91 Å². The first-order valence-electron chi connectivity index (χ1n) is 5.17. The molecule has 0 spiro atoms. The number of rotatable bonds is 3. The minimum atomic E-state index is -0.852. The second kappa shape index (κ2) is 5.79. The molecule has 0 unspecified atom stereocenters. The van der Waals surface area contributed by atoms with Gasteiger partial charge in [-0.2, -0.15) is 5.10 Å². The topological polar surface area (TPSA) is 63.1 Å². The van der Waals surface area contributed by atoms with Crippen molar-refractivity contribution >= 4 is 29.1 Å². The van der Waals surface area contributed by atoms with Crippen molar-refractivity contribution in [3.05, 3.63) is 29.3 Å². The molecule has 8 heteroatoms. The van der Waals surface area contributed by atoms with Crippen molar-refractivity contribution in [1.29, 1.82) is 0 Å². The summed E-state index contributed by atoms with van der Waals surface area (Å²) in [6.45, 7) is 0. The van der Waals surface area contributed by atoms with Gasteiger partial charge in [0.1, 0.15) is 5.82 Å². The fraction of sp³-hybridized carbons (Fsp3) is 0.182. The number of hydrogen-bond acceptors (Lipinski definition) is 5. The summed E-state index contributed by atoms with van der Waals surface area (Å²) in [5, 5.41) is 9.93. The predicted molar refractivity (Wildman–Crippen MR) is 68.5 cm³/mol. The third-order valence-electron chi connectivity index (χ3n) is 2.23. The van der Waals surface area contributed by atoms with E-state index in [9.17, 15) is 13.6 Å². The van der Waals surface area contributed by atoms with Gasteiger partial charge >= 0.3 is 0 Å². The van der Waals surface area contributed by atoms with Crippen molar-refractivity contribution in [2.24, 2.45) is 10.2 Å². The molecule has 2 rings (SSSR count). The Kier molecular flexibility index (Phi) is 4.10. The maximum absolute atomic E-state index is 13.7. The minimum absolute atomic E-state index is 0.0842. The molecule has 0 atom stereocenters. The third-order valence-corrected chi connectivity index (χ3v) is 3.10. The van der Waals surface area contributed by atoms with E-state index >= 15 is 0 Å². The molecule has 0 aliphatic carbocycles. The number of thioether (sulfide) groups is 1. The number of carbonyl (C=O) groups excluding carboxylic acids is 1. The Morgan fingerprint density at radius 3 is 2.89 bits per heavy atom. The number of nitrogens with zero attached hydrogens (tertiary/aromatic N) is 2. The highest BCUT2D eigenvalue weighted by molar-refractivity contribution is 8.15. The Morgan fingerprint density at radius 1 is 1.47 bits per heavy atom. The quantitative estimate of drug-likeness (QED) is 0.676. The summed E-state index contributed by atoms with van der Waals surface area (Å²) in [6.07, 6.45) is 0.936. The van der Waals surface area contributed by atoms with Crippen LogP contribution in [0.5, 0.6) is 5.75 Å². The summed E-state index contributed by atoms with van der Waals surface area (Å²) >= 11 is 1.17. The number of nitrogens with one attached hydrogen (secondary N) is 1. The number of hydrogen-bond donors (Lipinski definition) is 1. The smallest absolute Gasteiger partial charge is 0.236 e. The van der Waals surface area contributed by atoms with Crippen molar-refractivity contribution in [2.75, 3.05) is 12.9 Å². The predicted octanol–water partition coefficient (Wildman–Crippen LogP) is 1.53. The SMILES string of the molecule is COc1ccc(F)c(C=NN=C2NC(=O)CS2)c1F.